The molecule has 0 unspecified atom stereocenters. The van der Waals surface area contributed by atoms with Gasteiger partial charge in [-0.15, -0.1) is 0 Å². The first-order chi connectivity index (χ1) is 14.1. The van der Waals surface area contributed by atoms with Gasteiger partial charge in [0.2, 0.25) is 11.8 Å². The third-order valence-corrected chi connectivity index (χ3v) is 4.76. The number of tetrazole rings is 1. The summed E-state index contributed by atoms with van der Waals surface area (Å²) in [5.74, 6) is 0.600. The lowest BCUT2D eigenvalue weighted by molar-refractivity contribution is 0.453. The van der Waals surface area contributed by atoms with E-state index in [1.807, 2.05) is 0 Å². The lowest BCUT2D eigenvalue weighted by atomic mass is 10.2. The molecule has 0 amide bonds. The number of halogens is 3. The standard InChI is InChI=1S/C19H13Cl2FN6O/c20-14-4-3-5-15(18(14)21)28-19(25-26-27-28)24-11-12-7-8-13(22)10-16(12)29-17-6-1-2-9-23-17/h1-10H,11H2,(H,24,25,27). The van der Waals surface area contributed by atoms with Crippen LogP contribution in [0.1, 0.15) is 5.56 Å². The van der Waals surface area contributed by atoms with Gasteiger partial charge in [0.25, 0.3) is 0 Å². The van der Waals surface area contributed by atoms with E-state index in [1.165, 1.54) is 16.8 Å². The maximum absolute atomic E-state index is 13.7. The lowest BCUT2D eigenvalue weighted by Gasteiger charge is -2.12. The van der Waals surface area contributed by atoms with Crippen molar-refractivity contribution in [2.75, 3.05) is 5.32 Å². The van der Waals surface area contributed by atoms with E-state index in [4.69, 9.17) is 27.9 Å². The second-order valence-electron chi connectivity index (χ2n) is 5.86. The number of nitrogens with one attached hydrogen (secondary N) is 1. The number of pyridine rings is 1. The fourth-order valence-electron chi connectivity index (χ4n) is 2.58. The highest BCUT2D eigenvalue weighted by molar-refractivity contribution is 6.43. The third-order valence-electron chi connectivity index (χ3n) is 3.95. The average Bonchev–Trinajstić information content (AvgIpc) is 3.18. The highest BCUT2D eigenvalue weighted by atomic mass is 35.5. The normalized spacial score (nSPS) is 10.7. The van der Waals surface area contributed by atoms with Gasteiger partial charge in [0.05, 0.1) is 15.7 Å². The van der Waals surface area contributed by atoms with Crippen molar-refractivity contribution in [1.82, 2.24) is 25.2 Å². The van der Waals surface area contributed by atoms with Crippen molar-refractivity contribution in [2.45, 2.75) is 6.54 Å². The summed E-state index contributed by atoms with van der Waals surface area (Å²) in [6.45, 7) is 0.265. The van der Waals surface area contributed by atoms with E-state index in [1.54, 1.807) is 48.7 Å². The van der Waals surface area contributed by atoms with Gasteiger partial charge in [-0.2, -0.15) is 4.68 Å². The second kappa shape index (κ2) is 8.42. The molecule has 146 valence electrons. The van der Waals surface area contributed by atoms with Crippen LogP contribution in [0.2, 0.25) is 10.0 Å². The topological polar surface area (TPSA) is 77.8 Å². The van der Waals surface area contributed by atoms with Crippen molar-refractivity contribution in [3.05, 3.63) is 82.2 Å². The maximum atomic E-state index is 13.7. The van der Waals surface area contributed by atoms with Crippen molar-refractivity contribution in [3.8, 4) is 17.3 Å². The zero-order valence-electron chi connectivity index (χ0n) is 14.8. The fourth-order valence-corrected chi connectivity index (χ4v) is 2.96. The van der Waals surface area contributed by atoms with E-state index in [0.29, 0.717) is 38.9 Å². The van der Waals surface area contributed by atoms with Crippen LogP contribution < -0.4 is 10.1 Å². The molecule has 2 aromatic heterocycles. The Morgan fingerprint density at radius 1 is 1.07 bits per heavy atom. The molecule has 0 fully saturated rings. The van der Waals surface area contributed by atoms with Crippen molar-refractivity contribution < 1.29 is 9.13 Å². The molecule has 2 aromatic carbocycles. The summed E-state index contributed by atoms with van der Waals surface area (Å²) < 4.78 is 20.9. The van der Waals surface area contributed by atoms with Gasteiger partial charge < -0.3 is 10.1 Å². The Labute approximate surface area is 175 Å². The Morgan fingerprint density at radius 3 is 2.79 bits per heavy atom. The molecule has 0 spiro atoms. The maximum Gasteiger partial charge on any atom is 0.248 e. The Hall–Kier alpha value is -3.23. The monoisotopic (exact) mass is 430 g/mol. The molecule has 0 saturated carbocycles. The van der Waals surface area contributed by atoms with E-state index < -0.39 is 5.82 Å². The predicted octanol–water partition coefficient (Wildman–Crippen LogP) is 4.91. The Kier molecular flexibility index (Phi) is 5.55. The minimum Gasteiger partial charge on any atom is -0.439 e. The van der Waals surface area contributed by atoms with Gasteiger partial charge >= 0.3 is 0 Å². The molecule has 2 heterocycles. The summed E-state index contributed by atoms with van der Waals surface area (Å²) in [6.07, 6.45) is 1.59. The molecule has 0 aliphatic carbocycles. The van der Waals surface area contributed by atoms with Crippen LogP contribution in [0.25, 0.3) is 5.69 Å². The molecule has 1 N–H and O–H groups in total. The molecule has 0 radical (unpaired) electrons. The zero-order valence-corrected chi connectivity index (χ0v) is 16.3. The summed E-state index contributed by atoms with van der Waals surface area (Å²) >= 11 is 12.3. The van der Waals surface area contributed by atoms with Gasteiger partial charge in [-0.1, -0.05) is 46.5 Å². The lowest BCUT2D eigenvalue weighted by Crippen LogP contribution is -2.09. The van der Waals surface area contributed by atoms with E-state index in [2.05, 4.69) is 25.8 Å². The van der Waals surface area contributed by atoms with Crippen LogP contribution in [-0.4, -0.2) is 25.2 Å². The Morgan fingerprint density at radius 2 is 1.97 bits per heavy atom. The molecule has 0 aliphatic heterocycles. The molecular formula is C19H13Cl2FN6O. The van der Waals surface area contributed by atoms with Crippen LogP contribution in [0.5, 0.6) is 11.6 Å². The number of nitrogens with zero attached hydrogens (tertiary/aromatic N) is 5. The number of ether oxygens (including phenoxy) is 1. The van der Waals surface area contributed by atoms with E-state index >= 15 is 0 Å². The zero-order chi connectivity index (χ0) is 20.2. The number of benzene rings is 2. The van der Waals surface area contributed by atoms with Crippen molar-refractivity contribution in [3.63, 3.8) is 0 Å². The number of rotatable bonds is 6. The third kappa shape index (κ3) is 4.28. The molecule has 29 heavy (non-hydrogen) atoms. The minimum atomic E-state index is -0.421. The second-order valence-corrected chi connectivity index (χ2v) is 6.65. The number of hydrogen-bond donors (Lipinski definition) is 1. The fraction of sp³-hybridized carbons (Fsp3) is 0.0526. The predicted molar refractivity (Wildman–Crippen MR) is 107 cm³/mol. The van der Waals surface area contributed by atoms with Crippen LogP contribution in [0.15, 0.2) is 60.8 Å². The van der Waals surface area contributed by atoms with Gasteiger partial charge in [-0.25, -0.2) is 9.37 Å². The molecular weight excluding hydrogens is 418 g/mol. The van der Waals surface area contributed by atoms with Gasteiger partial charge in [0.1, 0.15) is 11.6 Å². The number of anilines is 1. The van der Waals surface area contributed by atoms with E-state index in [-0.39, 0.29) is 6.54 Å². The molecule has 4 aromatic rings. The minimum absolute atomic E-state index is 0.265. The van der Waals surface area contributed by atoms with Gasteiger partial charge in [-0.3, -0.25) is 0 Å². The van der Waals surface area contributed by atoms with Crippen LogP contribution in [-0.2, 0) is 6.54 Å². The molecule has 0 atom stereocenters. The van der Waals surface area contributed by atoms with E-state index in [0.717, 1.165) is 0 Å². The summed E-state index contributed by atoms with van der Waals surface area (Å²) in [5.41, 5.74) is 1.21. The first-order valence-electron chi connectivity index (χ1n) is 8.46. The first kappa shape index (κ1) is 19.1. The van der Waals surface area contributed by atoms with Crippen LogP contribution >= 0.6 is 23.2 Å². The molecule has 0 aliphatic rings. The van der Waals surface area contributed by atoms with Gasteiger partial charge in [0.15, 0.2) is 0 Å². The highest BCUT2D eigenvalue weighted by Crippen LogP contribution is 2.30. The molecule has 7 nitrogen and oxygen atoms in total. The highest BCUT2D eigenvalue weighted by Gasteiger charge is 2.14. The Balaban J connectivity index is 1.58. The van der Waals surface area contributed by atoms with Crippen LogP contribution in [0.4, 0.5) is 10.3 Å². The number of hydrogen-bond acceptors (Lipinski definition) is 6. The summed E-state index contributed by atoms with van der Waals surface area (Å²) in [4.78, 5) is 4.10. The summed E-state index contributed by atoms with van der Waals surface area (Å²) in [7, 11) is 0. The SMILES string of the molecule is Fc1ccc(CNc2nnnn2-c2cccc(Cl)c2Cl)c(Oc2ccccn2)c1. The quantitative estimate of drug-likeness (QED) is 0.468. The van der Waals surface area contributed by atoms with Crippen molar-refractivity contribution in [2.24, 2.45) is 0 Å². The number of aromatic nitrogens is 5. The van der Waals surface area contributed by atoms with Crippen LogP contribution in [0, 0.1) is 5.82 Å². The Bertz CT molecular complexity index is 1140. The largest absolute Gasteiger partial charge is 0.439 e. The molecule has 0 bridgehead atoms. The average molecular weight is 431 g/mol. The smallest absolute Gasteiger partial charge is 0.248 e. The first-order valence-corrected chi connectivity index (χ1v) is 9.21. The molecule has 4 rings (SSSR count). The van der Waals surface area contributed by atoms with E-state index in [9.17, 15) is 4.39 Å². The molecule has 10 heteroatoms. The summed E-state index contributed by atoms with van der Waals surface area (Å²) in [6, 6.07) is 14.6. The molecule has 0 saturated heterocycles. The van der Waals surface area contributed by atoms with Crippen molar-refractivity contribution >= 4 is 29.2 Å². The van der Waals surface area contributed by atoms with Crippen LogP contribution in [0.3, 0.4) is 0 Å². The van der Waals surface area contributed by atoms with Gasteiger partial charge in [-0.05, 0) is 34.7 Å². The van der Waals surface area contributed by atoms with Crippen molar-refractivity contribution in [1.29, 1.82) is 0 Å². The van der Waals surface area contributed by atoms with Gasteiger partial charge in [0, 0.05) is 30.4 Å². The summed E-state index contributed by atoms with van der Waals surface area (Å²) in [5, 5.41) is 15.4.